The number of fused-ring (bicyclic) bond motifs is 2. The molecule has 2 aromatic rings. The molecule has 2 aromatic carbocycles. The van der Waals surface area contributed by atoms with E-state index in [-0.39, 0.29) is 40.7 Å². The molecule has 0 saturated carbocycles. The molecule has 9 nitrogen and oxygen atoms in total. The van der Waals surface area contributed by atoms with Crippen molar-refractivity contribution in [2.45, 2.75) is 32.6 Å². The Labute approximate surface area is 192 Å². The molecule has 0 spiro atoms. The Morgan fingerprint density at radius 1 is 1.03 bits per heavy atom. The molecule has 4 rings (SSSR count). The predicted molar refractivity (Wildman–Crippen MR) is 112 cm³/mol. The minimum absolute atomic E-state index is 0.0672. The van der Waals surface area contributed by atoms with Crippen LogP contribution in [0.1, 0.15) is 41.0 Å². The lowest BCUT2D eigenvalue weighted by molar-refractivity contribution is -0.286. The third-order valence-electron chi connectivity index (χ3n) is 5.13. The van der Waals surface area contributed by atoms with Gasteiger partial charge in [0.05, 0.1) is 11.1 Å². The van der Waals surface area contributed by atoms with Crippen molar-refractivity contribution >= 4 is 29.4 Å². The summed E-state index contributed by atoms with van der Waals surface area (Å²) in [7, 11) is 0. The number of nitrogens with one attached hydrogen (secondary N) is 1. The second-order valence-electron chi connectivity index (χ2n) is 8.16. The number of carbonyl (C=O) groups is 4. The van der Waals surface area contributed by atoms with Crippen LogP contribution < -0.4 is 14.8 Å². The highest BCUT2D eigenvalue weighted by atomic mass is 19.3. The summed E-state index contributed by atoms with van der Waals surface area (Å²) in [5.74, 6) is -3.40. The van der Waals surface area contributed by atoms with Crippen molar-refractivity contribution < 1.29 is 42.2 Å². The highest BCUT2D eigenvalue weighted by molar-refractivity contribution is 6.22. The van der Waals surface area contributed by atoms with Crippen molar-refractivity contribution in [1.82, 2.24) is 4.90 Å². The van der Waals surface area contributed by atoms with Gasteiger partial charge in [0, 0.05) is 11.8 Å². The number of esters is 1. The maximum Gasteiger partial charge on any atom is 0.586 e. The Morgan fingerprint density at radius 2 is 1.65 bits per heavy atom. The number of nitrogens with zero attached hydrogens (tertiary/aromatic N) is 1. The Hall–Kier alpha value is -4.02. The van der Waals surface area contributed by atoms with Gasteiger partial charge >= 0.3 is 12.3 Å². The summed E-state index contributed by atoms with van der Waals surface area (Å²) in [6.07, 6.45) is -3.65. The molecule has 3 amide bonds. The van der Waals surface area contributed by atoms with E-state index in [2.05, 4.69) is 14.8 Å². The van der Waals surface area contributed by atoms with E-state index < -0.39 is 42.6 Å². The number of carbonyl (C=O) groups excluding carboxylic acids is 4. The Morgan fingerprint density at radius 3 is 2.26 bits per heavy atom. The number of ether oxygens (including phenoxy) is 3. The second-order valence-corrected chi connectivity index (χ2v) is 8.16. The lowest BCUT2D eigenvalue weighted by atomic mass is 10.0. The first-order chi connectivity index (χ1) is 16.1. The Kier molecular flexibility index (Phi) is 5.94. The molecule has 0 bridgehead atoms. The molecule has 1 unspecified atom stereocenters. The molecule has 2 aliphatic rings. The highest BCUT2D eigenvalue weighted by Gasteiger charge is 2.44. The number of amides is 3. The molecule has 0 fully saturated rings. The molecule has 178 valence electrons. The predicted octanol–water partition coefficient (Wildman–Crippen LogP) is 3.20. The number of rotatable bonds is 7. The van der Waals surface area contributed by atoms with Gasteiger partial charge in [0.1, 0.15) is 6.04 Å². The van der Waals surface area contributed by atoms with Crippen LogP contribution in [0.25, 0.3) is 0 Å². The van der Waals surface area contributed by atoms with Gasteiger partial charge in [0.2, 0.25) is 0 Å². The molecular weight excluding hydrogens is 454 g/mol. The molecule has 1 N–H and O–H groups in total. The molecule has 0 radical (unpaired) electrons. The van der Waals surface area contributed by atoms with Crippen LogP contribution in [0.2, 0.25) is 0 Å². The van der Waals surface area contributed by atoms with Gasteiger partial charge in [0.25, 0.3) is 17.7 Å². The van der Waals surface area contributed by atoms with Crippen molar-refractivity contribution in [3.8, 4) is 11.5 Å². The highest BCUT2D eigenvalue weighted by Crippen LogP contribution is 2.42. The van der Waals surface area contributed by atoms with Crippen LogP contribution in [-0.4, -0.2) is 47.5 Å². The van der Waals surface area contributed by atoms with Gasteiger partial charge in [-0.05, 0) is 36.6 Å². The molecule has 1 atom stereocenters. The van der Waals surface area contributed by atoms with Gasteiger partial charge in [-0.2, -0.15) is 0 Å². The van der Waals surface area contributed by atoms with Crippen molar-refractivity contribution in [2.24, 2.45) is 5.92 Å². The first kappa shape index (κ1) is 23.1. The molecule has 11 heteroatoms. The van der Waals surface area contributed by atoms with Crippen molar-refractivity contribution in [3.05, 3.63) is 53.6 Å². The monoisotopic (exact) mass is 474 g/mol. The zero-order chi connectivity index (χ0) is 24.6. The Bertz CT molecular complexity index is 1150. The van der Waals surface area contributed by atoms with Crippen LogP contribution in [0.15, 0.2) is 42.5 Å². The normalized spacial score (nSPS) is 16.4. The van der Waals surface area contributed by atoms with Crippen molar-refractivity contribution in [1.29, 1.82) is 0 Å². The second kappa shape index (κ2) is 8.73. The average Bonchev–Trinajstić information content (AvgIpc) is 3.22. The van der Waals surface area contributed by atoms with Gasteiger partial charge in [-0.25, -0.2) is 4.79 Å². The summed E-state index contributed by atoms with van der Waals surface area (Å²) in [5.41, 5.74) is 0.501. The van der Waals surface area contributed by atoms with Crippen molar-refractivity contribution in [3.63, 3.8) is 0 Å². The van der Waals surface area contributed by atoms with Crippen LogP contribution >= 0.6 is 0 Å². The van der Waals surface area contributed by atoms with E-state index in [0.717, 1.165) is 11.0 Å². The number of anilines is 1. The summed E-state index contributed by atoms with van der Waals surface area (Å²) in [4.78, 5) is 51.5. The summed E-state index contributed by atoms with van der Waals surface area (Å²) < 4.78 is 40.0. The maximum atomic E-state index is 13.1. The molecule has 2 aliphatic heterocycles. The lowest BCUT2D eigenvalue weighted by Gasteiger charge is -2.25. The standard InChI is InChI=1S/C23H20F2N2O7/c1-12(2)9-16(27-20(29)14-5-3-4-6-15(14)21(27)30)22(31)32-11-19(28)26-13-7-8-17-18(10-13)34-23(24,25)33-17/h3-8,10,12,16H,9,11H2,1-2H3,(H,26,28). The number of hydrogen-bond donors (Lipinski definition) is 1. The van der Waals surface area contributed by atoms with Crippen LogP contribution in [0.5, 0.6) is 11.5 Å². The molecule has 0 aromatic heterocycles. The quantitative estimate of drug-likeness (QED) is 0.485. The van der Waals surface area contributed by atoms with Gasteiger partial charge < -0.3 is 19.5 Å². The number of benzene rings is 2. The first-order valence-electron chi connectivity index (χ1n) is 10.4. The molecular formula is C23H20F2N2O7. The van der Waals surface area contributed by atoms with E-state index in [9.17, 15) is 28.0 Å². The maximum absolute atomic E-state index is 13.1. The van der Waals surface area contributed by atoms with Crippen LogP contribution in [-0.2, 0) is 14.3 Å². The number of alkyl halides is 2. The third kappa shape index (κ3) is 4.54. The topological polar surface area (TPSA) is 111 Å². The van der Waals surface area contributed by atoms with E-state index in [4.69, 9.17) is 4.74 Å². The van der Waals surface area contributed by atoms with E-state index in [0.29, 0.717) is 0 Å². The summed E-state index contributed by atoms with van der Waals surface area (Å²) in [6.45, 7) is 2.91. The zero-order valence-electron chi connectivity index (χ0n) is 18.2. The van der Waals surface area contributed by atoms with Crippen LogP contribution in [0.3, 0.4) is 0 Å². The Balaban J connectivity index is 1.41. The number of halogens is 2. The zero-order valence-corrected chi connectivity index (χ0v) is 18.2. The van der Waals surface area contributed by atoms with Crippen LogP contribution in [0.4, 0.5) is 14.5 Å². The molecule has 2 heterocycles. The third-order valence-corrected chi connectivity index (χ3v) is 5.13. The first-order valence-corrected chi connectivity index (χ1v) is 10.4. The average molecular weight is 474 g/mol. The van der Waals surface area contributed by atoms with E-state index in [1.54, 1.807) is 12.1 Å². The van der Waals surface area contributed by atoms with E-state index >= 15 is 0 Å². The van der Waals surface area contributed by atoms with Gasteiger partial charge in [0.15, 0.2) is 18.1 Å². The summed E-state index contributed by atoms with van der Waals surface area (Å²) in [6, 6.07) is 8.66. The fraction of sp³-hybridized carbons (Fsp3) is 0.304. The largest absolute Gasteiger partial charge is 0.586 e. The fourth-order valence-electron chi connectivity index (χ4n) is 3.70. The van der Waals surface area contributed by atoms with Gasteiger partial charge in [-0.15, -0.1) is 8.78 Å². The lowest BCUT2D eigenvalue weighted by Crippen LogP contribution is -2.46. The number of hydrogen-bond acceptors (Lipinski definition) is 7. The molecule has 0 aliphatic carbocycles. The molecule has 34 heavy (non-hydrogen) atoms. The van der Waals surface area contributed by atoms with E-state index in [1.165, 1.54) is 24.3 Å². The minimum Gasteiger partial charge on any atom is -0.454 e. The fourth-order valence-corrected chi connectivity index (χ4v) is 3.70. The smallest absolute Gasteiger partial charge is 0.454 e. The number of imide groups is 1. The molecule has 0 saturated heterocycles. The van der Waals surface area contributed by atoms with Gasteiger partial charge in [-0.3, -0.25) is 19.3 Å². The van der Waals surface area contributed by atoms with Crippen molar-refractivity contribution in [2.75, 3.05) is 11.9 Å². The van der Waals surface area contributed by atoms with Crippen LogP contribution in [0, 0.1) is 5.92 Å². The van der Waals surface area contributed by atoms with E-state index in [1.807, 2.05) is 13.8 Å². The summed E-state index contributed by atoms with van der Waals surface area (Å²) in [5, 5.41) is 2.39. The van der Waals surface area contributed by atoms with Gasteiger partial charge in [-0.1, -0.05) is 26.0 Å². The summed E-state index contributed by atoms with van der Waals surface area (Å²) >= 11 is 0. The minimum atomic E-state index is -3.80. The SMILES string of the molecule is CC(C)CC(C(=O)OCC(=O)Nc1ccc2c(c1)OC(F)(F)O2)N1C(=O)c2ccccc2C1=O.